The Kier molecular flexibility index (Phi) is 3.49. The molecular weight excluding hydrogens is 272 g/mol. The van der Waals surface area contributed by atoms with Gasteiger partial charge in [0.05, 0.1) is 5.60 Å². The Morgan fingerprint density at radius 3 is 2.45 bits per heavy atom. The van der Waals surface area contributed by atoms with Crippen molar-refractivity contribution < 1.29 is 9.90 Å². The fourth-order valence-electron chi connectivity index (χ4n) is 5.11. The molecule has 122 valence electrons. The molecule has 3 aliphatic carbocycles. The van der Waals surface area contributed by atoms with Crippen molar-refractivity contribution in [1.82, 2.24) is 0 Å². The van der Waals surface area contributed by atoms with Crippen LogP contribution < -0.4 is 0 Å². The quantitative estimate of drug-likeness (QED) is 0.734. The largest absolute Gasteiger partial charge is 0.386 e. The lowest BCUT2D eigenvalue weighted by molar-refractivity contribution is -0.129. The van der Waals surface area contributed by atoms with Crippen LogP contribution in [0.2, 0.25) is 0 Å². The van der Waals surface area contributed by atoms with E-state index in [9.17, 15) is 9.90 Å². The number of allylic oxidation sites excluding steroid dienone is 3. The summed E-state index contributed by atoms with van der Waals surface area (Å²) in [6, 6.07) is 0. The molecule has 0 radical (unpaired) electrons. The lowest BCUT2D eigenvalue weighted by Crippen LogP contribution is -2.47. The van der Waals surface area contributed by atoms with Gasteiger partial charge in [0.25, 0.3) is 0 Å². The maximum Gasteiger partial charge on any atom is 0.162 e. The van der Waals surface area contributed by atoms with Gasteiger partial charge in [-0.15, -0.1) is 0 Å². The van der Waals surface area contributed by atoms with Gasteiger partial charge >= 0.3 is 0 Å². The number of carbonyl (C=O) groups is 1. The maximum atomic E-state index is 12.7. The van der Waals surface area contributed by atoms with Crippen LogP contribution in [-0.4, -0.2) is 16.5 Å². The molecule has 0 saturated heterocycles. The van der Waals surface area contributed by atoms with Crippen molar-refractivity contribution in [3.63, 3.8) is 0 Å². The number of fused-ring (bicyclic) bond motifs is 3. The zero-order valence-electron chi connectivity index (χ0n) is 14.6. The summed E-state index contributed by atoms with van der Waals surface area (Å²) >= 11 is 0. The first-order valence-electron chi connectivity index (χ1n) is 8.78. The van der Waals surface area contributed by atoms with Gasteiger partial charge in [0.15, 0.2) is 5.78 Å². The minimum Gasteiger partial charge on any atom is -0.386 e. The molecule has 0 amide bonds. The second-order valence-corrected chi connectivity index (χ2v) is 8.90. The monoisotopic (exact) mass is 302 g/mol. The summed E-state index contributed by atoms with van der Waals surface area (Å²) in [6.07, 6.45) is 10.00. The fraction of sp³-hybridized carbons (Fsp3) is 0.750. The highest BCUT2D eigenvalue weighted by Crippen LogP contribution is 2.62. The lowest BCUT2D eigenvalue weighted by atomic mass is 9.51. The molecule has 5 unspecified atom stereocenters. The van der Waals surface area contributed by atoms with Crippen LogP contribution in [0.3, 0.4) is 0 Å². The number of ketones is 1. The summed E-state index contributed by atoms with van der Waals surface area (Å²) in [4.78, 5) is 12.7. The molecule has 22 heavy (non-hydrogen) atoms. The summed E-state index contributed by atoms with van der Waals surface area (Å²) in [5.74, 6) is 1.56. The van der Waals surface area contributed by atoms with Crippen molar-refractivity contribution >= 4 is 5.78 Å². The second kappa shape index (κ2) is 4.80. The first-order valence-corrected chi connectivity index (χ1v) is 8.78. The molecule has 0 aromatic heterocycles. The topological polar surface area (TPSA) is 37.3 Å². The van der Waals surface area contributed by atoms with Gasteiger partial charge in [-0.05, 0) is 61.9 Å². The van der Waals surface area contributed by atoms with Crippen LogP contribution in [0.25, 0.3) is 0 Å². The SMILES string of the molecule is CC(C)C1=CC(=O)C2(C)CCC3(C)C=CC(C)(O)CCC3C12. The van der Waals surface area contributed by atoms with Crippen LogP contribution in [0.1, 0.15) is 60.3 Å². The average Bonchev–Trinajstić information content (AvgIpc) is 2.62. The lowest BCUT2D eigenvalue weighted by Gasteiger charge is -2.51. The molecule has 2 nitrogen and oxygen atoms in total. The zero-order valence-corrected chi connectivity index (χ0v) is 14.6. The summed E-state index contributed by atoms with van der Waals surface area (Å²) in [7, 11) is 0. The molecule has 1 N–H and O–H groups in total. The van der Waals surface area contributed by atoms with Crippen LogP contribution >= 0.6 is 0 Å². The summed E-state index contributed by atoms with van der Waals surface area (Å²) < 4.78 is 0. The minimum atomic E-state index is -0.707. The smallest absolute Gasteiger partial charge is 0.162 e. The van der Waals surface area contributed by atoms with Crippen molar-refractivity contribution in [3.8, 4) is 0 Å². The van der Waals surface area contributed by atoms with Crippen LogP contribution in [0.5, 0.6) is 0 Å². The molecule has 0 spiro atoms. The highest BCUT2D eigenvalue weighted by Gasteiger charge is 2.58. The van der Waals surface area contributed by atoms with Crippen molar-refractivity contribution in [1.29, 1.82) is 0 Å². The van der Waals surface area contributed by atoms with Crippen molar-refractivity contribution in [2.75, 3.05) is 0 Å². The van der Waals surface area contributed by atoms with E-state index in [1.54, 1.807) is 0 Å². The molecule has 2 heteroatoms. The third-order valence-corrected chi connectivity index (χ3v) is 6.79. The fourth-order valence-corrected chi connectivity index (χ4v) is 5.11. The predicted octanol–water partition coefficient (Wildman–Crippen LogP) is 4.29. The van der Waals surface area contributed by atoms with Crippen molar-refractivity contribution in [3.05, 3.63) is 23.8 Å². The molecule has 0 aromatic rings. The summed E-state index contributed by atoms with van der Waals surface area (Å²) in [6.45, 7) is 10.8. The Morgan fingerprint density at radius 2 is 1.82 bits per heavy atom. The van der Waals surface area contributed by atoms with E-state index in [2.05, 4.69) is 33.8 Å². The number of rotatable bonds is 1. The van der Waals surface area contributed by atoms with Gasteiger partial charge in [-0.3, -0.25) is 4.79 Å². The standard InChI is InChI=1S/C20H30O2/c1-13(2)14-12-16(21)20(5)11-9-18(3)8-10-19(4,22)7-6-15(18)17(14)20/h8,10,12-13,15,17,22H,6-7,9,11H2,1-5H3. The van der Waals surface area contributed by atoms with E-state index in [1.807, 2.05) is 19.1 Å². The molecule has 0 bridgehead atoms. The van der Waals surface area contributed by atoms with Crippen LogP contribution in [0, 0.1) is 28.6 Å². The molecule has 0 aromatic carbocycles. The van der Waals surface area contributed by atoms with Crippen LogP contribution in [0.15, 0.2) is 23.8 Å². The van der Waals surface area contributed by atoms with Crippen molar-refractivity contribution in [2.45, 2.75) is 65.9 Å². The Labute approximate surface area is 134 Å². The molecule has 3 rings (SSSR count). The number of aliphatic hydroxyl groups is 1. The summed E-state index contributed by atoms with van der Waals surface area (Å²) in [5.41, 5.74) is 0.524. The normalized spacial score (nSPS) is 48.0. The van der Waals surface area contributed by atoms with Gasteiger partial charge in [-0.25, -0.2) is 0 Å². The highest BCUT2D eigenvalue weighted by molar-refractivity contribution is 5.99. The van der Waals surface area contributed by atoms with Crippen molar-refractivity contribution in [2.24, 2.45) is 28.6 Å². The van der Waals surface area contributed by atoms with Crippen LogP contribution in [0.4, 0.5) is 0 Å². The second-order valence-electron chi connectivity index (χ2n) is 8.90. The van der Waals surface area contributed by atoms with Gasteiger partial charge < -0.3 is 5.11 Å². The highest BCUT2D eigenvalue weighted by atomic mass is 16.3. The number of hydrogen-bond donors (Lipinski definition) is 1. The minimum absolute atomic E-state index is 0.100. The first-order chi connectivity index (χ1) is 10.1. The third-order valence-electron chi connectivity index (χ3n) is 6.79. The maximum absolute atomic E-state index is 12.7. The Balaban J connectivity index is 2.05. The molecule has 1 saturated carbocycles. The predicted molar refractivity (Wildman–Crippen MR) is 89.4 cm³/mol. The summed E-state index contributed by atoms with van der Waals surface area (Å²) in [5, 5.41) is 10.5. The number of carbonyl (C=O) groups excluding carboxylic acids is 1. The molecule has 0 heterocycles. The first kappa shape index (κ1) is 16.0. The van der Waals surface area contributed by atoms with E-state index in [0.29, 0.717) is 23.5 Å². The van der Waals surface area contributed by atoms with Gasteiger partial charge in [0, 0.05) is 5.41 Å². The van der Waals surface area contributed by atoms with E-state index in [-0.39, 0.29) is 10.8 Å². The molecule has 0 aliphatic heterocycles. The van der Waals surface area contributed by atoms with Gasteiger partial charge in [0.2, 0.25) is 0 Å². The Bertz CT molecular complexity index is 554. The van der Waals surface area contributed by atoms with E-state index < -0.39 is 5.60 Å². The zero-order chi connectivity index (χ0) is 16.3. The molecule has 1 fully saturated rings. The van der Waals surface area contributed by atoms with Gasteiger partial charge in [-0.1, -0.05) is 45.4 Å². The molecule has 5 atom stereocenters. The Morgan fingerprint density at radius 1 is 1.14 bits per heavy atom. The van der Waals surface area contributed by atoms with Gasteiger partial charge in [0.1, 0.15) is 0 Å². The molecule has 3 aliphatic rings. The molecular formula is C20H30O2. The number of hydrogen-bond acceptors (Lipinski definition) is 2. The van der Waals surface area contributed by atoms with E-state index in [4.69, 9.17) is 0 Å². The van der Waals surface area contributed by atoms with Crippen LogP contribution in [-0.2, 0) is 4.79 Å². The van der Waals surface area contributed by atoms with Gasteiger partial charge in [-0.2, -0.15) is 0 Å². The van der Waals surface area contributed by atoms with E-state index >= 15 is 0 Å². The third kappa shape index (κ3) is 2.22. The Hall–Kier alpha value is -0.890. The van der Waals surface area contributed by atoms with E-state index in [0.717, 1.165) is 25.7 Å². The van der Waals surface area contributed by atoms with E-state index in [1.165, 1.54) is 5.57 Å². The average molecular weight is 302 g/mol.